The number of hydrogen-bond acceptors (Lipinski definition) is 4. The predicted molar refractivity (Wildman–Crippen MR) is 81.0 cm³/mol. The summed E-state index contributed by atoms with van der Waals surface area (Å²) < 4.78 is 31.6. The molecular weight excluding hydrogens is 288 g/mol. The van der Waals surface area contributed by atoms with Crippen molar-refractivity contribution in [2.75, 3.05) is 0 Å². The second-order valence-electron chi connectivity index (χ2n) is 4.64. The minimum atomic E-state index is -4.25. The van der Waals surface area contributed by atoms with E-state index in [9.17, 15) is 8.42 Å². The van der Waals surface area contributed by atoms with E-state index in [-0.39, 0.29) is 4.90 Å². The van der Waals surface area contributed by atoms with Gasteiger partial charge in [0, 0.05) is 0 Å². The van der Waals surface area contributed by atoms with Crippen LogP contribution in [-0.4, -0.2) is 13.0 Å². The fraction of sp³-hybridized carbons (Fsp3) is 0.200. The molecule has 5 nitrogen and oxygen atoms in total. The number of hydrogen-bond donors (Lipinski definition) is 1. The van der Waals surface area contributed by atoms with Gasteiger partial charge in [0.15, 0.2) is 0 Å². The maximum Gasteiger partial charge on any atom is 0.294 e. The normalized spacial score (nSPS) is 12.0. The molecule has 1 N–H and O–H groups in total. The van der Waals surface area contributed by atoms with Crippen molar-refractivity contribution in [1.82, 2.24) is 0 Å². The zero-order valence-corrected chi connectivity index (χ0v) is 12.6. The lowest BCUT2D eigenvalue weighted by Gasteiger charge is -2.02. The van der Waals surface area contributed by atoms with E-state index in [0.29, 0.717) is 16.9 Å². The summed E-state index contributed by atoms with van der Waals surface area (Å²) in [5.74, 6) is 0. The van der Waals surface area contributed by atoms with E-state index in [1.54, 1.807) is 19.1 Å². The summed E-state index contributed by atoms with van der Waals surface area (Å²) in [7, 11) is -4.25. The summed E-state index contributed by atoms with van der Waals surface area (Å²) in [6.45, 7) is 3.67. The van der Waals surface area contributed by atoms with Gasteiger partial charge in [-0.25, -0.2) is 0 Å². The Balaban J connectivity index is 2.28. The fourth-order valence-corrected chi connectivity index (χ4v) is 2.59. The molecule has 2 aromatic carbocycles. The minimum Gasteiger partial charge on any atom is -0.282 e. The average Bonchev–Trinajstić information content (AvgIpc) is 2.45. The molecule has 0 aliphatic heterocycles. The van der Waals surface area contributed by atoms with E-state index in [2.05, 4.69) is 17.2 Å². The van der Waals surface area contributed by atoms with Crippen LogP contribution >= 0.6 is 0 Å². The molecule has 0 aromatic heterocycles. The second-order valence-corrected chi connectivity index (χ2v) is 6.03. The summed E-state index contributed by atoms with van der Waals surface area (Å²) >= 11 is 0. The van der Waals surface area contributed by atoms with Gasteiger partial charge < -0.3 is 0 Å². The van der Waals surface area contributed by atoms with Crippen molar-refractivity contribution in [3.8, 4) is 0 Å². The third kappa shape index (κ3) is 3.96. The smallest absolute Gasteiger partial charge is 0.282 e. The van der Waals surface area contributed by atoms with E-state index < -0.39 is 10.1 Å². The number of aryl methyl sites for hydroxylation is 2. The highest BCUT2D eigenvalue weighted by Crippen LogP contribution is 2.24. The van der Waals surface area contributed by atoms with Crippen molar-refractivity contribution in [3.63, 3.8) is 0 Å². The van der Waals surface area contributed by atoms with Gasteiger partial charge in [0.2, 0.25) is 0 Å². The Labute approximate surface area is 124 Å². The molecule has 0 atom stereocenters. The maximum absolute atomic E-state index is 11.2. The Hall–Kier alpha value is -2.05. The van der Waals surface area contributed by atoms with Crippen molar-refractivity contribution >= 4 is 21.5 Å². The Morgan fingerprint density at radius 3 is 2.14 bits per heavy atom. The van der Waals surface area contributed by atoms with E-state index in [1.807, 2.05) is 24.3 Å². The zero-order valence-electron chi connectivity index (χ0n) is 11.8. The van der Waals surface area contributed by atoms with Crippen LogP contribution in [0, 0.1) is 6.92 Å². The van der Waals surface area contributed by atoms with Crippen LogP contribution in [0.3, 0.4) is 0 Å². The van der Waals surface area contributed by atoms with Gasteiger partial charge in [-0.3, -0.25) is 4.55 Å². The van der Waals surface area contributed by atoms with E-state index in [4.69, 9.17) is 4.55 Å². The molecule has 0 radical (unpaired) electrons. The molecule has 6 heteroatoms. The molecule has 0 aliphatic carbocycles. The number of nitrogens with zero attached hydrogens (tertiary/aromatic N) is 2. The third-order valence-electron chi connectivity index (χ3n) is 3.08. The Bertz CT molecular complexity index is 766. The first-order valence-electron chi connectivity index (χ1n) is 6.49. The Morgan fingerprint density at radius 2 is 1.57 bits per heavy atom. The van der Waals surface area contributed by atoms with Crippen molar-refractivity contribution < 1.29 is 13.0 Å². The van der Waals surface area contributed by atoms with Crippen LogP contribution in [0.5, 0.6) is 0 Å². The maximum atomic E-state index is 11.2. The molecule has 0 saturated heterocycles. The van der Waals surface area contributed by atoms with Gasteiger partial charge in [-0.1, -0.05) is 25.1 Å². The quantitative estimate of drug-likeness (QED) is 0.678. The largest absolute Gasteiger partial charge is 0.294 e. The second kappa shape index (κ2) is 6.15. The van der Waals surface area contributed by atoms with Crippen molar-refractivity contribution in [1.29, 1.82) is 0 Å². The van der Waals surface area contributed by atoms with Crippen LogP contribution in [0.1, 0.15) is 18.1 Å². The van der Waals surface area contributed by atoms with Crippen LogP contribution in [-0.2, 0) is 16.5 Å². The molecule has 0 saturated carbocycles. The van der Waals surface area contributed by atoms with Gasteiger partial charge in [-0.05, 0) is 48.7 Å². The first-order chi connectivity index (χ1) is 9.90. The van der Waals surface area contributed by atoms with Crippen molar-refractivity contribution in [2.24, 2.45) is 10.2 Å². The topological polar surface area (TPSA) is 79.1 Å². The number of rotatable bonds is 4. The molecule has 0 spiro atoms. The predicted octanol–water partition coefficient (Wildman–Crippen LogP) is 4.22. The molecule has 0 fully saturated rings. The Kier molecular flexibility index (Phi) is 4.50. The van der Waals surface area contributed by atoms with Gasteiger partial charge in [0.1, 0.15) is 0 Å². The summed E-state index contributed by atoms with van der Waals surface area (Å²) in [5.41, 5.74) is 2.72. The molecule has 0 aliphatic rings. The molecule has 2 aromatic rings. The molecule has 2 rings (SSSR count). The highest BCUT2D eigenvalue weighted by molar-refractivity contribution is 7.85. The standard InChI is InChI=1S/C15H16N2O3S/c1-3-12-5-8-13(9-6-12)16-17-14-7-4-11(2)15(10-14)21(18,19)20/h4-10H,3H2,1-2H3,(H,18,19,20). The lowest BCUT2D eigenvalue weighted by Crippen LogP contribution is -2.00. The van der Waals surface area contributed by atoms with E-state index in [1.165, 1.54) is 11.6 Å². The summed E-state index contributed by atoms with van der Waals surface area (Å²) in [5, 5.41) is 8.05. The van der Waals surface area contributed by atoms with Crippen LogP contribution in [0.15, 0.2) is 57.6 Å². The summed E-state index contributed by atoms with van der Waals surface area (Å²) in [4.78, 5) is -0.153. The number of benzene rings is 2. The highest BCUT2D eigenvalue weighted by Gasteiger charge is 2.13. The van der Waals surface area contributed by atoms with Gasteiger partial charge >= 0.3 is 0 Å². The molecule has 0 bridgehead atoms. The van der Waals surface area contributed by atoms with Crippen LogP contribution in [0.2, 0.25) is 0 Å². The summed E-state index contributed by atoms with van der Waals surface area (Å²) in [6, 6.07) is 12.2. The molecule has 0 amide bonds. The van der Waals surface area contributed by atoms with Gasteiger partial charge in [0.25, 0.3) is 10.1 Å². The number of azo groups is 1. The van der Waals surface area contributed by atoms with Crippen molar-refractivity contribution in [2.45, 2.75) is 25.2 Å². The zero-order chi connectivity index (χ0) is 15.5. The Morgan fingerprint density at radius 1 is 1.00 bits per heavy atom. The fourth-order valence-electron chi connectivity index (χ4n) is 1.84. The lowest BCUT2D eigenvalue weighted by molar-refractivity contribution is 0.482. The minimum absolute atomic E-state index is 0.153. The highest BCUT2D eigenvalue weighted by atomic mass is 32.2. The van der Waals surface area contributed by atoms with Gasteiger partial charge in [-0.2, -0.15) is 18.6 Å². The first-order valence-corrected chi connectivity index (χ1v) is 7.93. The molecule has 110 valence electrons. The van der Waals surface area contributed by atoms with E-state index >= 15 is 0 Å². The SMILES string of the molecule is CCc1ccc(N=Nc2ccc(C)c(S(=O)(=O)O)c2)cc1. The van der Waals surface area contributed by atoms with Crippen LogP contribution in [0.4, 0.5) is 11.4 Å². The molecular formula is C15H16N2O3S. The van der Waals surface area contributed by atoms with Crippen LogP contribution < -0.4 is 0 Å². The van der Waals surface area contributed by atoms with Crippen LogP contribution in [0.25, 0.3) is 0 Å². The summed E-state index contributed by atoms with van der Waals surface area (Å²) in [6.07, 6.45) is 0.951. The average molecular weight is 304 g/mol. The molecule has 0 heterocycles. The van der Waals surface area contributed by atoms with Gasteiger partial charge in [-0.15, -0.1) is 0 Å². The van der Waals surface area contributed by atoms with Crippen molar-refractivity contribution in [3.05, 3.63) is 53.6 Å². The first kappa shape index (κ1) is 15.3. The molecule has 0 unspecified atom stereocenters. The lowest BCUT2D eigenvalue weighted by atomic mass is 10.2. The molecule has 21 heavy (non-hydrogen) atoms. The van der Waals surface area contributed by atoms with E-state index in [0.717, 1.165) is 6.42 Å². The van der Waals surface area contributed by atoms with Gasteiger partial charge in [0.05, 0.1) is 16.3 Å². The monoisotopic (exact) mass is 304 g/mol. The third-order valence-corrected chi connectivity index (χ3v) is 4.07.